The maximum atomic E-state index is 9.55. The second-order valence-electron chi connectivity index (χ2n) is 4.55. The second-order valence-corrected chi connectivity index (χ2v) is 5.40. The lowest BCUT2D eigenvalue weighted by molar-refractivity contribution is 0.184. The molecule has 20 heavy (non-hydrogen) atoms. The number of rotatable bonds is 5. The quantitative estimate of drug-likeness (QED) is 0.877. The van der Waals surface area contributed by atoms with Crippen LogP contribution in [-0.4, -0.2) is 12.2 Å². The van der Waals surface area contributed by atoms with Crippen LogP contribution in [0.15, 0.2) is 46.9 Å². The highest BCUT2D eigenvalue weighted by molar-refractivity contribution is 9.10. The number of halogens is 1. The third kappa shape index (κ3) is 3.82. The Morgan fingerprint density at radius 1 is 1.20 bits per heavy atom. The van der Waals surface area contributed by atoms with E-state index in [1.54, 1.807) is 14.0 Å². The Kier molecular flexibility index (Phi) is 5.17. The number of benzene rings is 2. The van der Waals surface area contributed by atoms with Gasteiger partial charge in [-0.2, -0.15) is 0 Å². The van der Waals surface area contributed by atoms with Gasteiger partial charge in [-0.15, -0.1) is 0 Å². The minimum atomic E-state index is -0.495. The summed E-state index contributed by atoms with van der Waals surface area (Å²) in [6, 6.07) is 13.3. The fourth-order valence-corrected chi connectivity index (χ4v) is 2.33. The SMILES string of the molecule is COCc1cccc(Oc2ccc([C@H](C)O)cc2Br)c1. The van der Waals surface area contributed by atoms with Crippen LogP contribution in [0, 0.1) is 0 Å². The van der Waals surface area contributed by atoms with Gasteiger partial charge in [-0.25, -0.2) is 0 Å². The molecule has 1 N–H and O–H groups in total. The van der Waals surface area contributed by atoms with Crippen molar-refractivity contribution in [2.45, 2.75) is 19.6 Å². The van der Waals surface area contributed by atoms with Crippen LogP contribution >= 0.6 is 15.9 Å². The van der Waals surface area contributed by atoms with E-state index >= 15 is 0 Å². The van der Waals surface area contributed by atoms with Crippen molar-refractivity contribution in [3.8, 4) is 11.5 Å². The molecule has 2 aromatic carbocycles. The zero-order valence-electron chi connectivity index (χ0n) is 11.5. The highest BCUT2D eigenvalue weighted by atomic mass is 79.9. The largest absolute Gasteiger partial charge is 0.456 e. The standard InChI is InChI=1S/C16H17BrO3/c1-11(18)13-6-7-16(15(17)9-13)20-14-5-3-4-12(8-14)10-19-2/h3-9,11,18H,10H2,1-2H3/t11-/m0/s1. The monoisotopic (exact) mass is 336 g/mol. The van der Waals surface area contributed by atoms with Gasteiger partial charge in [0.25, 0.3) is 0 Å². The molecule has 0 aliphatic carbocycles. The molecule has 0 saturated carbocycles. The normalized spacial score (nSPS) is 12.2. The summed E-state index contributed by atoms with van der Waals surface area (Å²) in [5, 5.41) is 9.55. The van der Waals surface area contributed by atoms with Gasteiger partial charge in [0.05, 0.1) is 17.2 Å². The van der Waals surface area contributed by atoms with Gasteiger partial charge in [-0.05, 0) is 58.2 Å². The summed E-state index contributed by atoms with van der Waals surface area (Å²) in [5.41, 5.74) is 1.90. The maximum absolute atomic E-state index is 9.55. The molecule has 3 nitrogen and oxygen atoms in total. The zero-order valence-corrected chi connectivity index (χ0v) is 13.1. The van der Waals surface area contributed by atoms with Crippen molar-refractivity contribution in [3.05, 3.63) is 58.1 Å². The van der Waals surface area contributed by atoms with E-state index in [1.165, 1.54) is 0 Å². The van der Waals surface area contributed by atoms with Crippen molar-refractivity contribution in [3.63, 3.8) is 0 Å². The lowest BCUT2D eigenvalue weighted by Crippen LogP contribution is -1.93. The van der Waals surface area contributed by atoms with E-state index in [1.807, 2.05) is 42.5 Å². The fraction of sp³-hybridized carbons (Fsp3) is 0.250. The van der Waals surface area contributed by atoms with Crippen LogP contribution in [0.25, 0.3) is 0 Å². The van der Waals surface area contributed by atoms with E-state index in [-0.39, 0.29) is 0 Å². The minimum absolute atomic E-state index is 0.495. The molecule has 0 radical (unpaired) electrons. The first-order valence-corrected chi connectivity index (χ1v) is 7.12. The topological polar surface area (TPSA) is 38.7 Å². The molecule has 0 bridgehead atoms. The molecular formula is C16H17BrO3. The summed E-state index contributed by atoms with van der Waals surface area (Å²) < 4.78 is 11.8. The number of ether oxygens (including phenoxy) is 2. The van der Waals surface area contributed by atoms with Crippen LogP contribution in [0.5, 0.6) is 11.5 Å². The van der Waals surface area contributed by atoms with Crippen molar-refractivity contribution in [2.24, 2.45) is 0 Å². The summed E-state index contributed by atoms with van der Waals surface area (Å²) in [4.78, 5) is 0. The van der Waals surface area contributed by atoms with Crippen molar-refractivity contribution in [1.29, 1.82) is 0 Å². The first-order valence-electron chi connectivity index (χ1n) is 6.33. The van der Waals surface area contributed by atoms with Crippen LogP contribution in [0.1, 0.15) is 24.2 Å². The van der Waals surface area contributed by atoms with E-state index in [2.05, 4.69) is 15.9 Å². The fourth-order valence-electron chi connectivity index (χ4n) is 1.85. The van der Waals surface area contributed by atoms with Crippen LogP contribution in [-0.2, 0) is 11.3 Å². The molecule has 0 spiro atoms. The summed E-state index contributed by atoms with van der Waals surface area (Å²) in [5.74, 6) is 1.47. The molecule has 0 fully saturated rings. The predicted molar refractivity (Wildman–Crippen MR) is 82.0 cm³/mol. The Hall–Kier alpha value is -1.36. The van der Waals surface area contributed by atoms with Crippen LogP contribution < -0.4 is 4.74 Å². The van der Waals surface area contributed by atoms with Gasteiger partial charge in [0.15, 0.2) is 0 Å². The number of aliphatic hydroxyl groups excluding tert-OH is 1. The number of hydrogen-bond donors (Lipinski definition) is 1. The highest BCUT2D eigenvalue weighted by Crippen LogP contribution is 2.32. The van der Waals surface area contributed by atoms with E-state index < -0.39 is 6.10 Å². The smallest absolute Gasteiger partial charge is 0.141 e. The van der Waals surface area contributed by atoms with E-state index in [0.29, 0.717) is 12.4 Å². The minimum Gasteiger partial charge on any atom is -0.456 e. The molecule has 0 aliphatic rings. The van der Waals surface area contributed by atoms with Crippen LogP contribution in [0.2, 0.25) is 0 Å². The van der Waals surface area contributed by atoms with E-state index in [9.17, 15) is 5.11 Å². The molecule has 0 saturated heterocycles. The first-order chi connectivity index (χ1) is 9.60. The zero-order chi connectivity index (χ0) is 14.5. The Bertz CT molecular complexity index is 582. The van der Waals surface area contributed by atoms with Crippen molar-refractivity contribution >= 4 is 15.9 Å². The molecule has 106 valence electrons. The lowest BCUT2D eigenvalue weighted by Gasteiger charge is -2.11. The molecule has 0 unspecified atom stereocenters. The summed E-state index contributed by atoms with van der Waals surface area (Å²) in [6.45, 7) is 2.29. The van der Waals surface area contributed by atoms with Gasteiger partial charge in [-0.1, -0.05) is 18.2 Å². The molecular weight excluding hydrogens is 320 g/mol. The molecule has 0 heterocycles. The number of methoxy groups -OCH3 is 1. The molecule has 1 atom stereocenters. The Morgan fingerprint density at radius 2 is 2.00 bits per heavy atom. The summed E-state index contributed by atoms with van der Waals surface area (Å²) in [7, 11) is 1.67. The van der Waals surface area contributed by atoms with Crippen molar-refractivity contribution < 1.29 is 14.6 Å². The second kappa shape index (κ2) is 6.88. The van der Waals surface area contributed by atoms with Gasteiger partial charge in [0.2, 0.25) is 0 Å². The molecule has 2 aromatic rings. The van der Waals surface area contributed by atoms with Gasteiger partial charge in [0, 0.05) is 7.11 Å². The summed E-state index contributed by atoms with van der Waals surface area (Å²) >= 11 is 3.46. The third-order valence-corrected chi connectivity index (χ3v) is 3.50. The Labute approximate surface area is 127 Å². The Morgan fingerprint density at radius 3 is 2.65 bits per heavy atom. The molecule has 0 amide bonds. The summed E-state index contributed by atoms with van der Waals surface area (Å²) in [6.07, 6.45) is -0.495. The number of aliphatic hydroxyl groups is 1. The maximum Gasteiger partial charge on any atom is 0.141 e. The predicted octanol–water partition coefficient (Wildman–Crippen LogP) is 4.44. The first kappa shape index (κ1) is 15.0. The highest BCUT2D eigenvalue weighted by Gasteiger charge is 2.07. The molecule has 4 heteroatoms. The average molecular weight is 337 g/mol. The third-order valence-electron chi connectivity index (χ3n) is 2.88. The average Bonchev–Trinajstić information content (AvgIpc) is 2.42. The van der Waals surface area contributed by atoms with Crippen LogP contribution in [0.4, 0.5) is 0 Å². The Balaban J connectivity index is 2.19. The lowest BCUT2D eigenvalue weighted by atomic mass is 10.1. The van der Waals surface area contributed by atoms with Gasteiger partial charge in [-0.3, -0.25) is 0 Å². The van der Waals surface area contributed by atoms with E-state index in [4.69, 9.17) is 9.47 Å². The van der Waals surface area contributed by atoms with Gasteiger partial charge < -0.3 is 14.6 Å². The van der Waals surface area contributed by atoms with Gasteiger partial charge >= 0.3 is 0 Å². The number of hydrogen-bond acceptors (Lipinski definition) is 3. The van der Waals surface area contributed by atoms with Crippen molar-refractivity contribution in [1.82, 2.24) is 0 Å². The molecule has 0 aromatic heterocycles. The van der Waals surface area contributed by atoms with Gasteiger partial charge in [0.1, 0.15) is 11.5 Å². The van der Waals surface area contributed by atoms with Crippen molar-refractivity contribution in [2.75, 3.05) is 7.11 Å². The van der Waals surface area contributed by atoms with E-state index in [0.717, 1.165) is 21.3 Å². The molecule has 0 aliphatic heterocycles. The van der Waals surface area contributed by atoms with Crippen LogP contribution in [0.3, 0.4) is 0 Å². The molecule has 2 rings (SSSR count).